The van der Waals surface area contributed by atoms with Crippen molar-refractivity contribution in [2.45, 2.75) is 76.6 Å². The summed E-state index contributed by atoms with van der Waals surface area (Å²) < 4.78 is 6.30. The molecule has 0 bridgehead atoms. The van der Waals surface area contributed by atoms with E-state index in [9.17, 15) is 5.11 Å². The Kier molecular flexibility index (Phi) is 4.55. The monoisotopic (exact) mass is 306 g/mol. The van der Waals surface area contributed by atoms with Crippen LogP contribution in [-0.4, -0.2) is 13.4 Å². The highest BCUT2D eigenvalue weighted by Crippen LogP contribution is 2.39. The molecule has 0 aromatic heterocycles. The van der Waals surface area contributed by atoms with Crippen LogP contribution in [0.4, 0.5) is 0 Å². The summed E-state index contributed by atoms with van der Waals surface area (Å²) in [6, 6.07) is 8.16. The zero-order valence-electron chi connectivity index (χ0n) is 14.2. The van der Waals surface area contributed by atoms with Gasteiger partial charge in [0, 0.05) is 0 Å². The van der Waals surface area contributed by atoms with Crippen molar-refractivity contribution in [2.75, 3.05) is 0 Å². The molecule has 3 heteroatoms. The lowest BCUT2D eigenvalue weighted by Gasteiger charge is -2.37. The van der Waals surface area contributed by atoms with E-state index in [1.54, 1.807) is 0 Å². The molecular weight excluding hydrogens is 276 g/mol. The lowest BCUT2D eigenvalue weighted by Crippen LogP contribution is -2.43. The van der Waals surface area contributed by atoms with Gasteiger partial charge in [0.25, 0.3) is 0 Å². The maximum atomic E-state index is 10.8. The summed E-state index contributed by atoms with van der Waals surface area (Å²) in [4.78, 5) is 0. The quantitative estimate of drug-likeness (QED) is 0.776. The van der Waals surface area contributed by atoms with Gasteiger partial charge >= 0.3 is 0 Å². The van der Waals surface area contributed by atoms with E-state index in [-0.39, 0.29) is 5.04 Å². The molecule has 1 aromatic carbocycles. The maximum Gasteiger partial charge on any atom is 0.250 e. The average Bonchev–Trinajstić information content (AvgIpc) is 2.38. The van der Waals surface area contributed by atoms with Gasteiger partial charge in [0.2, 0.25) is 8.32 Å². The van der Waals surface area contributed by atoms with Crippen molar-refractivity contribution in [2.24, 2.45) is 0 Å². The number of benzene rings is 1. The zero-order valence-corrected chi connectivity index (χ0v) is 15.2. The smallest absolute Gasteiger partial charge is 0.250 e. The molecule has 0 saturated heterocycles. The molecular formula is C18H30O2Si. The van der Waals surface area contributed by atoms with Crippen molar-refractivity contribution in [3.63, 3.8) is 0 Å². The minimum Gasteiger partial charge on any atom is -0.544 e. The second-order valence-electron chi connectivity index (χ2n) is 7.98. The van der Waals surface area contributed by atoms with Crippen molar-refractivity contribution >= 4 is 8.32 Å². The van der Waals surface area contributed by atoms with Gasteiger partial charge in [-0.25, -0.2) is 0 Å². The van der Waals surface area contributed by atoms with Gasteiger partial charge in [-0.05, 0) is 48.7 Å². The lowest BCUT2D eigenvalue weighted by molar-refractivity contribution is -0.000641. The summed E-state index contributed by atoms with van der Waals surface area (Å²) in [5.74, 6) is 0.935. The summed E-state index contributed by atoms with van der Waals surface area (Å²) >= 11 is 0. The number of rotatable bonds is 3. The number of hydrogen-bond acceptors (Lipinski definition) is 2. The van der Waals surface area contributed by atoms with E-state index in [4.69, 9.17) is 4.43 Å². The fourth-order valence-corrected chi connectivity index (χ4v) is 3.74. The predicted octanol–water partition coefficient (Wildman–Crippen LogP) is 5.22. The molecule has 2 rings (SSSR count). The first-order chi connectivity index (χ1) is 9.64. The zero-order chi connectivity index (χ0) is 15.7. The Balaban J connectivity index is 2.12. The molecule has 0 radical (unpaired) electrons. The highest BCUT2D eigenvalue weighted by molar-refractivity contribution is 6.74. The third-order valence-electron chi connectivity index (χ3n) is 5.25. The normalized spacial score (nSPS) is 19.3. The SMILES string of the molecule is CC(C)(C)[Si](C)(C)Oc1ccc(C2(O)CCCCC2)cc1. The van der Waals surface area contributed by atoms with Crippen LogP contribution in [0.1, 0.15) is 58.4 Å². The number of aliphatic hydroxyl groups is 1. The van der Waals surface area contributed by atoms with Crippen molar-refractivity contribution in [1.82, 2.24) is 0 Å². The molecule has 1 aromatic rings. The summed E-state index contributed by atoms with van der Waals surface area (Å²) in [5.41, 5.74) is 0.429. The first kappa shape index (κ1) is 16.6. The van der Waals surface area contributed by atoms with Gasteiger partial charge < -0.3 is 9.53 Å². The second-order valence-corrected chi connectivity index (χ2v) is 12.7. The first-order valence-corrected chi connectivity index (χ1v) is 11.1. The van der Waals surface area contributed by atoms with Crippen molar-refractivity contribution in [1.29, 1.82) is 0 Å². The van der Waals surface area contributed by atoms with Gasteiger partial charge in [-0.15, -0.1) is 0 Å². The topological polar surface area (TPSA) is 29.5 Å². The third kappa shape index (κ3) is 3.70. The van der Waals surface area contributed by atoms with Crippen LogP contribution in [0.25, 0.3) is 0 Å². The minimum atomic E-state index is -1.78. The molecule has 1 N–H and O–H groups in total. The fraction of sp³-hybridized carbons (Fsp3) is 0.667. The molecule has 1 fully saturated rings. The largest absolute Gasteiger partial charge is 0.544 e. The molecule has 0 spiro atoms. The first-order valence-electron chi connectivity index (χ1n) is 8.16. The molecule has 118 valence electrons. The Labute approximate surface area is 130 Å². The van der Waals surface area contributed by atoms with Gasteiger partial charge in [-0.1, -0.05) is 52.2 Å². The van der Waals surface area contributed by atoms with Crippen molar-refractivity contribution < 1.29 is 9.53 Å². The lowest BCUT2D eigenvalue weighted by atomic mass is 9.80. The predicted molar refractivity (Wildman–Crippen MR) is 91.2 cm³/mol. The van der Waals surface area contributed by atoms with Gasteiger partial charge in [0.15, 0.2) is 0 Å². The van der Waals surface area contributed by atoms with E-state index in [1.807, 2.05) is 24.3 Å². The van der Waals surface area contributed by atoms with Crippen LogP contribution in [-0.2, 0) is 5.60 Å². The Hall–Kier alpha value is -0.803. The third-order valence-corrected chi connectivity index (χ3v) is 9.61. The van der Waals surface area contributed by atoms with E-state index < -0.39 is 13.9 Å². The van der Waals surface area contributed by atoms with Crippen molar-refractivity contribution in [3.8, 4) is 5.75 Å². The number of hydrogen-bond donors (Lipinski definition) is 1. The molecule has 1 aliphatic rings. The summed E-state index contributed by atoms with van der Waals surface area (Å²) in [6.07, 6.45) is 5.26. The molecule has 2 nitrogen and oxygen atoms in total. The average molecular weight is 307 g/mol. The highest BCUT2D eigenvalue weighted by Gasteiger charge is 2.39. The molecule has 1 aliphatic carbocycles. The molecule has 0 unspecified atom stereocenters. The summed E-state index contributed by atoms with van der Waals surface area (Å²) in [6.45, 7) is 11.3. The maximum absolute atomic E-state index is 10.8. The summed E-state index contributed by atoms with van der Waals surface area (Å²) in [7, 11) is -1.78. The molecule has 1 saturated carbocycles. The van der Waals surface area contributed by atoms with Crippen LogP contribution in [0.15, 0.2) is 24.3 Å². The second kappa shape index (κ2) is 5.77. The summed E-state index contributed by atoms with van der Waals surface area (Å²) in [5, 5.41) is 11.0. The van der Waals surface area contributed by atoms with Gasteiger partial charge in [-0.2, -0.15) is 0 Å². The Morgan fingerprint density at radius 2 is 1.52 bits per heavy atom. The molecule has 0 aliphatic heterocycles. The molecule has 0 atom stereocenters. The van der Waals surface area contributed by atoms with Gasteiger partial charge in [0.1, 0.15) is 5.75 Å². The van der Waals surface area contributed by atoms with Crippen LogP contribution in [0.2, 0.25) is 18.1 Å². The van der Waals surface area contributed by atoms with Crippen LogP contribution in [0, 0.1) is 0 Å². The minimum absolute atomic E-state index is 0.202. The van der Waals surface area contributed by atoms with E-state index in [1.165, 1.54) is 6.42 Å². The molecule has 21 heavy (non-hydrogen) atoms. The molecule has 0 amide bonds. The standard InChI is InChI=1S/C18H30O2Si/c1-17(2,3)21(4,5)20-16-11-9-15(10-12-16)18(19)13-7-6-8-14-18/h9-12,19H,6-8,13-14H2,1-5H3. The van der Waals surface area contributed by atoms with Crippen LogP contribution in [0.5, 0.6) is 5.75 Å². The Bertz CT molecular complexity index is 465. The Morgan fingerprint density at radius 1 is 1.00 bits per heavy atom. The van der Waals surface area contributed by atoms with Gasteiger partial charge in [-0.3, -0.25) is 0 Å². The van der Waals surface area contributed by atoms with E-state index in [0.717, 1.165) is 37.0 Å². The van der Waals surface area contributed by atoms with Crippen molar-refractivity contribution in [3.05, 3.63) is 29.8 Å². The van der Waals surface area contributed by atoms with Crippen LogP contribution >= 0.6 is 0 Å². The van der Waals surface area contributed by atoms with Gasteiger partial charge in [0.05, 0.1) is 5.60 Å². The van der Waals surface area contributed by atoms with Crippen LogP contribution < -0.4 is 4.43 Å². The Morgan fingerprint density at radius 3 is 2.00 bits per heavy atom. The van der Waals surface area contributed by atoms with E-state index >= 15 is 0 Å². The molecule has 0 heterocycles. The highest BCUT2D eigenvalue weighted by atomic mass is 28.4. The fourth-order valence-electron chi connectivity index (χ4n) is 2.71. The van der Waals surface area contributed by atoms with Crippen LogP contribution in [0.3, 0.4) is 0 Å². The van der Waals surface area contributed by atoms with E-state index in [2.05, 4.69) is 33.9 Å². The van der Waals surface area contributed by atoms with E-state index in [0.29, 0.717) is 0 Å².